The van der Waals surface area contributed by atoms with Crippen molar-refractivity contribution in [1.29, 1.82) is 0 Å². The molecule has 1 nitrogen and oxygen atoms in total. The van der Waals surface area contributed by atoms with Crippen LogP contribution in [0.1, 0.15) is 65.2 Å². The summed E-state index contributed by atoms with van der Waals surface area (Å²) in [7, 11) is 0. The Bertz CT molecular complexity index is 252. The summed E-state index contributed by atoms with van der Waals surface area (Å²) in [6.07, 6.45) is 12.8. The van der Waals surface area contributed by atoms with Gasteiger partial charge in [-0.05, 0) is 64.8 Å². The van der Waals surface area contributed by atoms with Crippen LogP contribution < -0.4 is 5.32 Å². The van der Waals surface area contributed by atoms with Crippen molar-refractivity contribution >= 4 is 0 Å². The SMILES string of the molecule is C=C(C)CCC(CC1=CCCCC1)NCCC. The summed E-state index contributed by atoms with van der Waals surface area (Å²) >= 11 is 0. The van der Waals surface area contributed by atoms with Gasteiger partial charge in [0.25, 0.3) is 0 Å². The van der Waals surface area contributed by atoms with Crippen LogP contribution in [0.4, 0.5) is 0 Å². The fraction of sp³-hybridized carbons (Fsp3) is 0.750. The van der Waals surface area contributed by atoms with Crippen molar-refractivity contribution in [3.8, 4) is 0 Å². The number of hydrogen-bond acceptors (Lipinski definition) is 1. The van der Waals surface area contributed by atoms with Gasteiger partial charge in [0.15, 0.2) is 0 Å². The minimum atomic E-state index is 0.663. The van der Waals surface area contributed by atoms with Gasteiger partial charge in [0.1, 0.15) is 0 Å². The summed E-state index contributed by atoms with van der Waals surface area (Å²) in [5.41, 5.74) is 3.00. The van der Waals surface area contributed by atoms with Crippen LogP contribution in [-0.2, 0) is 0 Å². The summed E-state index contributed by atoms with van der Waals surface area (Å²) < 4.78 is 0. The third-order valence-corrected chi connectivity index (χ3v) is 3.50. The molecule has 1 heteroatoms. The predicted molar refractivity (Wildman–Crippen MR) is 77.3 cm³/mol. The van der Waals surface area contributed by atoms with E-state index in [1.807, 2.05) is 0 Å². The molecular weight excluding hydrogens is 206 g/mol. The van der Waals surface area contributed by atoms with E-state index in [0.717, 1.165) is 13.0 Å². The van der Waals surface area contributed by atoms with Crippen LogP contribution >= 0.6 is 0 Å². The van der Waals surface area contributed by atoms with E-state index in [2.05, 4.69) is 31.8 Å². The molecule has 98 valence electrons. The highest BCUT2D eigenvalue weighted by atomic mass is 14.9. The molecule has 0 bridgehead atoms. The van der Waals surface area contributed by atoms with Gasteiger partial charge in [-0.25, -0.2) is 0 Å². The van der Waals surface area contributed by atoms with Crippen molar-refractivity contribution in [3.63, 3.8) is 0 Å². The second-order valence-corrected chi connectivity index (χ2v) is 5.46. The number of nitrogens with one attached hydrogen (secondary N) is 1. The first-order valence-electron chi connectivity index (χ1n) is 7.28. The fourth-order valence-electron chi connectivity index (χ4n) is 2.45. The Morgan fingerprint density at radius 3 is 2.88 bits per heavy atom. The molecule has 0 saturated carbocycles. The summed E-state index contributed by atoms with van der Waals surface area (Å²) in [6.45, 7) is 9.53. The van der Waals surface area contributed by atoms with Gasteiger partial charge in [-0.1, -0.05) is 24.1 Å². The second kappa shape index (κ2) is 8.52. The molecule has 1 N–H and O–H groups in total. The number of rotatable bonds is 8. The molecule has 0 heterocycles. The highest BCUT2D eigenvalue weighted by Crippen LogP contribution is 2.23. The Kier molecular flexibility index (Phi) is 7.27. The maximum Gasteiger partial charge on any atom is 0.0107 e. The summed E-state index contributed by atoms with van der Waals surface area (Å²) in [6, 6.07) is 0.663. The molecule has 1 rings (SSSR count). The Balaban J connectivity index is 2.37. The third-order valence-electron chi connectivity index (χ3n) is 3.50. The molecule has 0 spiro atoms. The van der Waals surface area contributed by atoms with Crippen LogP contribution in [0, 0.1) is 0 Å². The van der Waals surface area contributed by atoms with Crippen molar-refractivity contribution in [1.82, 2.24) is 5.32 Å². The van der Waals surface area contributed by atoms with Gasteiger partial charge in [-0.15, -0.1) is 6.58 Å². The highest BCUT2D eigenvalue weighted by molar-refractivity contribution is 5.07. The Labute approximate surface area is 107 Å². The minimum absolute atomic E-state index is 0.663. The van der Waals surface area contributed by atoms with Gasteiger partial charge in [0, 0.05) is 6.04 Å². The molecule has 1 unspecified atom stereocenters. The van der Waals surface area contributed by atoms with Crippen molar-refractivity contribution < 1.29 is 0 Å². The van der Waals surface area contributed by atoms with E-state index in [4.69, 9.17) is 0 Å². The molecule has 0 radical (unpaired) electrons. The third kappa shape index (κ3) is 6.68. The van der Waals surface area contributed by atoms with Gasteiger partial charge in [-0.3, -0.25) is 0 Å². The predicted octanol–water partition coefficient (Wildman–Crippen LogP) is 4.60. The Hall–Kier alpha value is -0.560. The average Bonchev–Trinajstić information content (AvgIpc) is 2.34. The van der Waals surface area contributed by atoms with E-state index in [9.17, 15) is 0 Å². The lowest BCUT2D eigenvalue weighted by Gasteiger charge is -2.22. The van der Waals surface area contributed by atoms with Crippen LogP contribution in [0.2, 0.25) is 0 Å². The first-order chi connectivity index (χ1) is 8.22. The molecule has 0 aromatic heterocycles. The lowest BCUT2D eigenvalue weighted by atomic mass is 9.92. The van der Waals surface area contributed by atoms with E-state index in [1.54, 1.807) is 5.57 Å². The Morgan fingerprint density at radius 1 is 1.47 bits per heavy atom. The van der Waals surface area contributed by atoms with Crippen LogP contribution in [-0.4, -0.2) is 12.6 Å². The van der Waals surface area contributed by atoms with Crippen LogP contribution in [0.25, 0.3) is 0 Å². The molecule has 0 aromatic carbocycles. The standard InChI is InChI=1S/C16H29N/c1-4-12-17-16(11-10-14(2)3)13-15-8-6-5-7-9-15/h8,16-17H,2,4-7,9-13H2,1,3H3. The van der Waals surface area contributed by atoms with Crippen molar-refractivity contribution in [2.24, 2.45) is 0 Å². The van der Waals surface area contributed by atoms with Gasteiger partial charge in [0.05, 0.1) is 0 Å². The molecule has 1 atom stereocenters. The average molecular weight is 235 g/mol. The molecule has 0 fully saturated rings. The van der Waals surface area contributed by atoms with E-state index in [-0.39, 0.29) is 0 Å². The Morgan fingerprint density at radius 2 is 2.29 bits per heavy atom. The maximum absolute atomic E-state index is 4.01. The first-order valence-corrected chi connectivity index (χ1v) is 7.28. The normalized spacial score (nSPS) is 17.6. The summed E-state index contributed by atoms with van der Waals surface area (Å²) in [4.78, 5) is 0. The summed E-state index contributed by atoms with van der Waals surface area (Å²) in [5.74, 6) is 0. The van der Waals surface area contributed by atoms with E-state index in [0.29, 0.717) is 6.04 Å². The first kappa shape index (κ1) is 14.5. The van der Waals surface area contributed by atoms with Crippen LogP contribution in [0.5, 0.6) is 0 Å². The van der Waals surface area contributed by atoms with Gasteiger partial charge in [0.2, 0.25) is 0 Å². The quantitative estimate of drug-likeness (QED) is 0.606. The number of hydrogen-bond donors (Lipinski definition) is 1. The van der Waals surface area contributed by atoms with E-state index < -0.39 is 0 Å². The van der Waals surface area contributed by atoms with Gasteiger partial charge in [-0.2, -0.15) is 0 Å². The molecule has 17 heavy (non-hydrogen) atoms. The second-order valence-electron chi connectivity index (χ2n) is 5.46. The molecule has 0 saturated heterocycles. The van der Waals surface area contributed by atoms with Crippen molar-refractivity contribution in [3.05, 3.63) is 23.8 Å². The minimum Gasteiger partial charge on any atom is -0.314 e. The highest BCUT2D eigenvalue weighted by Gasteiger charge is 2.12. The molecular formula is C16H29N. The van der Waals surface area contributed by atoms with E-state index in [1.165, 1.54) is 50.5 Å². The fourth-order valence-corrected chi connectivity index (χ4v) is 2.45. The van der Waals surface area contributed by atoms with Gasteiger partial charge < -0.3 is 5.32 Å². The molecule has 0 amide bonds. The lowest BCUT2D eigenvalue weighted by Crippen LogP contribution is -2.30. The molecule has 0 aliphatic heterocycles. The lowest BCUT2D eigenvalue weighted by molar-refractivity contribution is 0.465. The molecule has 0 aromatic rings. The van der Waals surface area contributed by atoms with E-state index >= 15 is 0 Å². The smallest absolute Gasteiger partial charge is 0.0107 e. The van der Waals surface area contributed by atoms with Crippen molar-refractivity contribution in [2.75, 3.05) is 6.54 Å². The largest absolute Gasteiger partial charge is 0.314 e. The zero-order chi connectivity index (χ0) is 12.5. The van der Waals surface area contributed by atoms with Gasteiger partial charge >= 0.3 is 0 Å². The summed E-state index contributed by atoms with van der Waals surface area (Å²) in [5, 5.41) is 3.69. The maximum atomic E-state index is 4.01. The number of allylic oxidation sites excluding steroid dienone is 2. The molecule has 1 aliphatic rings. The molecule has 1 aliphatic carbocycles. The monoisotopic (exact) mass is 235 g/mol. The topological polar surface area (TPSA) is 12.0 Å². The van der Waals surface area contributed by atoms with Crippen molar-refractivity contribution in [2.45, 2.75) is 71.3 Å². The van der Waals surface area contributed by atoms with Crippen LogP contribution in [0.3, 0.4) is 0 Å². The zero-order valence-corrected chi connectivity index (χ0v) is 11.7. The van der Waals surface area contributed by atoms with Crippen LogP contribution in [0.15, 0.2) is 23.8 Å². The zero-order valence-electron chi connectivity index (χ0n) is 11.7.